The highest BCUT2D eigenvalue weighted by Gasteiger charge is 2.27. The first-order valence-electron chi connectivity index (χ1n) is 7.61. The molecule has 0 heterocycles. The minimum atomic E-state index is 0.0101. The molecule has 1 N–H and O–H groups in total. The Labute approximate surface area is 112 Å². The predicted molar refractivity (Wildman–Crippen MR) is 74.5 cm³/mol. The van der Waals surface area contributed by atoms with Crippen LogP contribution >= 0.6 is 0 Å². The number of esters is 1. The molecule has 0 bridgehead atoms. The maximum Gasteiger partial charge on any atom is 0.308 e. The van der Waals surface area contributed by atoms with Gasteiger partial charge in [0.05, 0.1) is 12.5 Å². The van der Waals surface area contributed by atoms with Gasteiger partial charge in [0.25, 0.3) is 0 Å². The summed E-state index contributed by atoms with van der Waals surface area (Å²) in [5.74, 6) is 0.958. The molecule has 0 aromatic carbocycles. The molecule has 1 aliphatic rings. The van der Waals surface area contributed by atoms with Gasteiger partial charge in [-0.15, -0.1) is 0 Å². The average Bonchev–Trinajstić information content (AvgIpc) is 2.41. The van der Waals surface area contributed by atoms with Crippen molar-refractivity contribution >= 4 is 5.97 Å². The average molecular weight is 255 g/mol. The van der Waals surface area contributed by atoms with E-state index >= 15 is 0 Å². The maximum atomic E-state index is 11.6. The number of hydrogen-bond acceptors (Lipinski definition) is 3. The third-order valence-electron chi connectivity index (χ3n) is 4.20. The molecule has 1 aliphatic carbocycles. The molecule has 0 unspecified atom stereocenters. The molecule has 1 fully saturated rings. The molecule has 0 aromatic rings. The quantitative estimate of drug-likeness (QED) is 0.710. The molecule has 0 saturated heterocycles. The van der Waals surface area contributed by atoms with E-state index in [9.17, 15) is 4.79 Å². The van der Waals surface area contributed by atoms with Crippen LogP contribution in [0.15, 0.2) is 0 Å². The van der Waals surface area contributed by atoms with E-state index in [4.69, 9.17) is 4.74 Å². The number of nitrogens with one attached hydrogen (secondary N) is 1. The van der Waals surface area contributed by atoms with Crippen molar-refractivity contribution in [2.24, 2.45) is 11.8 Å². The van der Waals surface area contributed by atoms with Crippen LogP contribution in [0.4, 0.5) is 0 Å². The Bertz CT molecular complexity index is 231. The molecule has 1 rings (SSSR count). The van der Waals surface area contributed by atoms with E-state index in [1.165, 1.54) is 12.8 Å². The summed E-state index contributed by atoms with van der Waals surface area (Å²) in [6, 6.07) is 0.608. The normalized spacial score (nSPS) is 24.2. The Balaban J connectivity index is 2.21. The van der Waals surface area contributed by atoms with Gasteiger partial charge < -0.3 is 10.1 Å². The summed E-state index contributed by atoms with van der Waals surface area (Å²) in [6.45, 7) is 8.02. The Morgan fingerprint density at radius 3 is 2.28 bits per heavy atom. The van der Waals surface area contributed by atoms with Crippen molar-refractivity contribution in [2.45, 2.75) is 65.3 Å². The highest BCUT2D eigenvalue weighted by Crippen LogP contribution is 2.25. The van der Waals surface area contributed by atoms with Crippen molar-refractivity contribution in [3.8, 4) is 0 Å². The third kappa shape index (κ3) is 4.97. The van der Waals surface area contributed by atoms with E-state index < -0.39 is 0 Å². The van der Waals surface area contributed by atoms with Crippen molar-refractivity contribution in [2.75, 3.05) is 13.2 Å². The van der Waals surface area contributed by atoms with Crippen LogP contribution in [0.25, 0.3) is 0 Å². The van der Waals surface area contributed by atoms with Crippen LogP contribution in [0.1, 0.15) is 59.3 Å². The van der Waals surface area contributed by atoms with Gasteiger partial charge in [-0.25, -0.2) is 0 Å². The summed E-state index contributed by atoms with van der Waals surface area (Å²) in [4.78, 5) is 11.6. The first-order chi connectivity index (χ1) is 8.71. The molecule has 3 heteroatoms. The third-order valence-corrected chi connectivity index (χ3v) is 4.20. The summed E-state index contributed by atoms with van der Waals surface area (Å²) >= 11 is 0. The Morgan fingerprint density at radius 1 is 1.17 bits per heavy atom. The van der Waals surface area contributed by atoms with Gasteiger partial charge in [-0.1, -0.05) is 26.7 Å². The van der Waals surface area contributed by atoms with Crippen LogP contribution in [0.3, 0.4) is 0 Å². The number of rotatable bonds is 7. The van der Waals surface area contributed by atoms with Gasteiger partial charge in [0.2, 0.25) is 0 Å². The zero-order chi connectivity index (χ0) is 13.4. The smallest absolute Gasteiger partial charge is 0.308 e. The summed E-state index contributed by atoms with van der Waals surface area (Å²) in [5.41, 5.74) is 0. The lowest BCUT2D eigenvalue weighted by Gasteiger charge is -2.29. The van der Waals surface area contributed by atoms with Gasteiger partial charge in [0.1, 0.15) is 0 Å². The van der Waals surface area contributed by atoms with Crippen molar-refractivity contribution in [1.82, 2.24) is 5.32 Å². The molecule has 3 nitrogen and oxygen atoms in total. The zero-order valence-corrected chi connectivity index (χ0v) is 12.2. The minimum Gasteiger partial charge on any atom is -0.466 e. The van der Waals surface area contributed by atoms with Crippen molar-refractivity contribution < 1.29 is 9.53 Å². The Kier molecular flexibility index (Phi) is 7.33. The van der Waals surface area contributed by atoms with Gasteiger partial charge in [-0.05, 0) is 45.1 Å². The fourth-order valence-corrected chi connectivity index (χ4v) is 2.70. The highest BCUT2D eigenvalue weighted by atomic mass is 16.5. The molecule has 0 radical (unpaired) electrons. The molecule has 0 atom stereocenters. The largest absolute Gasteiger partial charge is 0.466 e. The second kappa shape index (κ2) is 8.52. The number of ether oxygens (including phenoxy) is 1. The van der Waals surface area contributed by atoms with Gasteiger partial charge in [-0.2, -0.15) is 0 Å². The topological polar surface area (TPSA) is 38.3 Å². The Morgan fingerprint density at radius 2 is 1.78 bits per heavy atom. The van der Waals surface area contributed by atoms with Crippen molar-refractivity contribution in [1.29, 1.82) is 0 Å². The van der Waals surface area contributed by atoms with E-state index in [-0.39, 0.29) is 11.9 Å². The van der Waals surface area contributed by atoms with E-state index in [2.05, 4.69) is 19.2 Å². The molecule has 1 saturated carbocycles. The molecule has 0 amide bonds. The summed E-state index contributed by atoms with van der Waals surface area (Å²) in [7, 11) is 0. The summed E-state index contributed by atoms with van der Waals surface area (Å²) in [6.07, 6.45) is 6.70. The van der Waals surface area contributed by atoms with Gasteiger partial charge >= 0.3 is 5.97 Å². The molecule has 18 heavy (non-hydrogen) atoms. The van der Waals surface area contributed by atoms with E-state index in [1.807, 2.05) is 6.92 Å². The zero-order valence-electron chi connectivity index (χ0n) is 12.2. The second-order valence-electron chi connectivity index (χ2n) is 5.39. The molecule has 0 spiro atoms. The lowest BCUT2D eigenvalue weighted by atomic mass is 9.86. The van der Waals surface area contributed by atoms with Gasteiger partial charge in [-0.3, -0.25) is 4.79 Å². The van der Waals surface area contributed by atoms with E-state index in [1.54, 1.807) is 0 Å². The van der Waals surface area contributed by atoms with Crippen LogP contribution in [0, 0.1) is 11.8 Å². The standard InChI is InChI=1S/C15H29NO2/c1-4-12(5-2)11-16-14-9-7-13(8-10-14)15(17)18-6-3/h12-14,16H,4-11H2,1-3H3. The summed E-state index contributed by atoms with van der Waals surface area (Å²) < 4.78 is 5.09. The van der Waals surface area contributed by atoms with Crippen LogP contribution in [-0.2, 0) is 9.53 Å². The van der Waals surface area contributed by atoms with Crippen LogP contribution in [-0.4, -0.2) is 25.2 Å². The van der Waals surface area contributed by atoms with E-state index in [0.29, 0.717) is 12.6 Å². The lowest BCUT2D eigenvalue weighted by molar-refractivity contribution is -0.149. The molecule has 106 valence electrons. The Hall–Kier alpha value is -0.570. The fourth-order valence-electron chi connectivity index (χ4n) is 2.70. The minimum absolute atomic E-state index is 0.0101. The molecular formula is C15H29NO2. The maximum absolute atomic E-state index is 11.6. The molecule has 0 aromatic heterocycles. The van der Waals surface area contributed by atoms with Crippen molar-refractivity contribution in [3.63, 3.8) is 0 Å². The van der Waals surface area contributed by atoms with E-state index in [0.717, 1.165) is 38.1 Å². The first-order valence-corrected chi connectivity index (χ1v) is 7.61. The number of carbonyl (C=O) groups excluding carboxylic acids is 1. The molecular weight excluding hydrogens is 226 g/mol. The van der Waals surface area contributed by atoms with Gasteiger partial charge in [0, 0.05) is 6.04 Å². The van der Waals surface area contributed by atoms with Gasteiger partial charge in [0.15, 0.2) is 0 Å². The fraction of sp³-hybridized carbons (Fsp3) is 0.933. The SMILES string of the molecule is CCOC(=O)C1CCC(NCC(CC)CC)CC1. The molecule has 0 aliphatic heterocycles. The number of carbonyl (C=O) groups is 1. The first kappa shape index (κ1) is 15.5. The second-order valence-corrected chi connectivity index (χ2v) is 5.39. The highest BCUT2D eigenvalue weighted by molar-refractivity contribution is 5.72. The summed E-state index contributed by atoms with van der Waals surface area (Å²) in [5, 5.41) is 3.66. The van der Waals surface area contributed by atoms with Crippen LogP contribution in [0.5, 0.6) is 0 Å². The van der Waals surface area contributed by atoms with Crippen molar-refractivity contribution in [3.05, 3.63) is 0 Å². The van der Waals surface area contributed by atoms with Crippen LogP contribution in [0.2, 0.25) is 0 Å². The monoisotopic (exact) mass is 255 g/mol. The lowest BCUT2D eigenvalue weighted by Crippen LogP contribution is -2.37. The van der Waals surface area contributed by atoms with Crippen LogP contribution < -0.4 is 5.32 Å². The number of hydrogen-bond donors (Lipinski definition) is 1. The predicted octanol–water partition coefficient (Wildman–Crippen LogP) is 3.13.